The second-order valence-corrected chi connectivity index (χ2v) is 8.76. The minimum atomic E-state index is -0.146. The molecule has 1 fully saturated rings. The summed E-state index contributed by atoms with van der Waals surface area (Å²) in [5.74, 6) is 1.11. The Bertz CT molecular complexity index is 940. The Kier molecular flexibility index (Phi) is 7.03. The molecule has 0 bridgehead atoms. The number of hydrogen-bond acceptors (Lipinski definition) is 7. The summed E-state index contributed by atoms with van der Waals surface area (Å²) in [5.41, 5.74) is 1.07. The van der Waals surface area contributed by atoms with Crippen molar-refractivity contribution >= 4 is 35.0 Å². The Morgan fingerprint density at radius 3 is 2.70 bits per heavy atom. The molecule has 1 aliphatic heterocycles. The SMILES string of the molecule is CCn1c(SCC(=O)N[C@@H](c2ccccc2)c2cccs2)nnc1N1CCOCC1. The molecule has 0 aliphatic carbocycles. The molecule has 158 valence electrons. The molecule has 3 aromatic rings. The Morgan fingerprint density at radius 2 is 2.00 bits per heavy atom. The van der Waals surface area contributed by atoms with Crippen LogP contribution in [0, 0.1) is 0 Å². The van der Waals surface area contributed by atoms with Gasteiger partial charge in [0, 0.05) is 24.5 Å². The van der Waals surface area contributed by atoms with Crippen molar-refractivity contribution in [1.29, 1.82) is 0 Å². The van der Waals surface area contributed by atoms with E-state index in [0.717, 1.165) is 41.2 Å². The lowest BCUT2D eigenvalue weighted by atomic mass is 10.1. The molecule has 0 unspecified atom stereocenters. The molecule has 9 heteroatoms. The van der Waals surface area contributed by atoms with Crippen molar-refractivity contribution in [2.24, 2.45) is 0 Å². The summed E-state index contributed by atoms with van der Waals surface area (Å²) < 4.78 is 7.49. The Morgan fingerprint density at radius 1 is 1.20 bits per heavy atom. The molecule has 0 radical (unpaired) electrons. The average Bonchev–Trinajstić information content (AvgIpc) is 3.47. The van der Waals surface area contributed by atoms with Crippen molar-refractivity contribution in [3.05, 3.63) is 58.3 Å². The Balaban J connectivity index is 1.42. The first-order chi connectivity index (χ1) is 14.8. The van der Waals surface area contributed by atoms with E-state index < -0.39 is 0 Å². The van der Waals surface area contributed by atoms with Gasteiger partial charge in [-0.15, -0.1) is 21.5 Å². The number of benzene rings is 1. The number of hydrogen-bond donors (Lipinski definition) is 1. The number of anilines is 1. The van der Waals surface area contributed by atoms with Crippen molar-refractivity contribution < 1.29 is 9.53 Å². The number of amides is 1. The lowest BCUT2D eigenvalue weighted by molar-refractivity contribution is -0.119. The fourth-order valence-electron chi connectivity index (χ4n) is 3.41. The summed E-state index contributed by atoms with van der Waals surface area (Å²) in [5, 5.41) is 14.7. The Labute approximate surface area is 184 Å². The lowest BCUT2D eigenvalue weighted by Gasteiger charge is -2.27. The highest BCUT2D eigenvalue weighted by atomic mass is 32.2. The third-order valence-corrected chi connectivity index (χ3v) is 6.81. The second kappa shape index (κ2) is 10.1. The number of thiophene rings is 1. The van der Waals surface area contributed by atoms with Gasteiger partial charge in [0.05, 0.1) is 25.0 Å². The van der Waals surface area contributed by atoms with Crippen LogP contribution in [0.2, 0.25) is 0 Å². The standard InChI is InChI=1S/C21H25N5O2S2/c1-2-26-20(25-10-12-28-13-11-25)23-24-21(26)30-15-18(27)22-19(17-9-6-14-29-17)16-7-4-3-5-8-16/h3-9,14,19H,2,10-13,15H2,1H3,(H,22,27)/t19-/m0/s1. The predicted octanol–water partition coefficient (Wildman–Crippen LogP) is 3.19. The summed E-state index contributed by atoms with van der Waals surface area (Å²) in [4.78, 5) is 16.1. The van der Waals surface area contributed by atoms with Gasteiger partial charge in [0.25, 0.3) is 0 Å². The van der Waals surface area contributed by atoms with Crippen molar-refractivity contribution in [2.75, 3.05) is 37.0 Å². The molecule has 0 spiro atoms. The molecule has 1 amide bonds. The van der Waals surface area contributed by atoms with E-state index in [1.165, 1.54) is 11.8 Å². The second-order valence-electron chi connectivity index (χ2n) is 6.84. The summed E-state index contributed by atoms with van der Waals surface area (Å²) in [6.45, 7) is 5.84. The maximum Gasteiger partial charge on any atom is 0.231 e. The van der Waals surface area contributed by atoms with Gasteiger partial charge in [-0.2, -0.15) is 0 Å². The number of aromatic nitrogens is 3. The number of thioether (sulfide) groups is 1. The molecular weight excluding hydrogens is 418 g/mol. The van der Waals surface area contributed by atoms with Gasteiger partial charge in [0.2, 0.25) is 11.9 Å². The quantitative estimate of drug-likeness (QED) is 0.539. The van der Waals surface area contributed by atoms with Gasteiger partial charge in [-0.3, -0.25) is 9.36 Å². The van der Waals surface area contributed by atoms with Crippen LogP contribution in [0.25, 0.3) is 0 Å². The molecule has 30 heavy (non-hydrogen) atoms. The van der Waals surface area contributed by atoms with Crippen LogP contribution in [0.1, 0.15) is 23.4 Å². The first-order valence-corrected chi connectivity index (χ1v) is 11.9. The number of carbonyl (C=O) groups excluding carboxylic acids is 1. The van der Waals surface area contributed by atoms with E-state index in [2.05, 4.69) is 38.0 Å². The van der Waals surface area contributed by atoms with Crippen LogP contribution in [0.4, 0.5) is 5.95 Å². The molecule has 1 saturated heterocycles. The highest BCUT2D eigenvalue weighted by Crippen LogP contribution is 2.27. The van der Waals surface area contributed by atoms with E-state index in [4.69, 9.17) is 4.74 Å². The fraction of sp³-hybridized carbons (Fsp3) is 0.381. The smallest absolute Gasteiger partial charge is 0.231 e. The zero-order valence-corrected chi connectivity index (χ0v) is 18.5. The van der Waals surface area contributed by atoms with Crippen LogP contribution in [-0.4, -0.2) is 52.7 Å². The highest BCUT2D eigenvalue weighted by molar-refractivity contribution is 7.99. The number of rotatable bonds is 8. The molecule has 0 saturated carbocycles. The predicted molar refractivity (Wildman–Crippen MR) is 120 cm³/mol. The van der Waals surface area contributed by atoms with Gasteiger partial charge in [0.15, 0.2) is 5.16 Å². The summed E-state index contributed by atoms with van der Waals surface area (Å²) in [6, 6.07) is 14.0. The third-order valence-electron chi connectivity index (χ3n) is 4.91. The zero-order chi connectivity index (χ0) is 20.8. The van der Waals surface area contributed by atoms with E-state index in [9.17, 15) is 4.79 Å². The van der Waals surface area contributed by atoms with Crippen LogP contribution >= 0.6 is 23.1 Å². The maximum atomic E-state index is 12.8. The first-order valence-electron chi connectivity index (χ1n) is 10.0. The zero-order valence-electron chi connectivity index (χ0n) is 16.9. The van der Waals surface area contributed by atoms with Gasteiger partial charge in [-0.05, 0) is 23.9 Å². The summed E-state index contributed by atoms with van der Waals surface area (Å²) in [6.07, 6.45) is 0. The van der Waals surface area contributed by atoms with Crippen molar-refractivity contribution in [2.45, 2.75) is 24.7 Å². The van der Waals surface area contributed by atoms with Crippen LogP contribution in [0.3, 0.4) is 0 Å². The third kappa shape index (κ3) is 4.85. The first kappa shape index (κ1) is 20.9. The highest BCUT2D eigenvalue weighted by Gasteiger charge is 2.22. The minimum absolute atomic E-state index is 0.0270. The summed E-state index contributed by atoms with van der Waals surface area (Å²) >= 11 is 3.07. The molecule has 2 aromatic heterocycles. The van der Waals surface area contributed by atoms with E-state index in [0.29, 0.717) is 13.2 Å². The van der Waals surface area contributed by atoms with Crippen LogP contribution in [0.15, 0.2) is 53.0 Å². The van der Waals surface area contributed by atoms with Crippen molar-refractivity contribution in [3.8, 4) is 0 Å². The molecule has 1 aromatic carbocycles. The van der Waals surface area contributed by atoms with E-state index in [-0.39, 0.29) is 17.7 Å². The normalized spacial score (nSPS) is 15.2. The number of morpholine rings is 1. The molecule has 7 nitrogen and oxygen atoms in total. The fourth-order valence-corrected chi connectivity index (χ4v) is 5.03. The van der Waals surface area contributed by atoms with Gasteiger partial charge in [-0.25, -0.2) is 0 Å². The van der Waals surface area contributed by atoms with Gasteiger partial charge >= 0.3 is 0 Å². The van der Waals surface area contributed by atoms with E-state index in [1.807, 2.05) is 41.8 Å². The van der Waals surface area contributed by atoms with Crippen LogP contribution < -0.4 is 10.2 Å². The average molecular weight is 444 g/mol. The van der Waals surface area contributed by atoms with E-state index >= 15 is 0 Å². The Hall–Kier alpha value is -2.36. The summed E-state index contributed by atoms with van der Waals surface area (Å²) in [7, 11) is 0. The molecule has 1 N–H and O–H groups in total. The van der Waals surface area contributed by atoms with Crippen molar-refractivity contribution in [3.63, 3.8) is 0 Å². The van der Waals surface area contributed by atoms with Gasteiger partial charge < -0.3 is 15.0 Å². The number of carbonyl (C=O) groups is 1. The number of ether oxygens (including phenoxy) is 1. The van der Waals surface area contributed by atoms with Crippen molar-refractivity contribution in [1.82, 2.24) is 20.1 Å². The van der Waals surface area contributed by atoms with Crippen LogP contribution in [-0.2, 0) is 16.1 Å². The van der Waals surface area contributed by atoms with Gasteiger partial charge in [-0.1, -0.05) is 48.2 Å². The molecule has 3 heterocycles. The lowest BCUT2D eigenvalue weighted by Crippen LogP contribution is -2.38. The number of nitrogens with one attached hydrogen (secondary N) is 1. The molecule has 1 atom stereocenters. The van der Waals surface area contributed by atoms with Crippen LogP contribution in [0.5, 0.6) is 0 Å². The monoisotopic (exact) mass is 443 g/mol. The molecule has 1 aliphatic rings. The maximum absolute atomic E-state index is 12.8. The molecule has 4 rings (SSSR count). The van der Waals surface area contributed by atoms with E-state index in [1.54, 1.807) is 11.3 Å². The number of nitrogens with zero attached hydrogens (tertiary/aromatic N) is 4. The largest absolute Gasteiger partial charge is 0.378 e. The van der Waals surface area contributed by atoms with Gasteiger partial charge in [0.1, 0.15) is 0 Å². The minimum Gasteiger partial charge on any atom is -0.378 e. The molecular formula is C21H25N5O2S2. The topological polar surface area (TPSA) is 72.3 Å².